The maximum Gasteiger partial charge on any atom is 0.0457 e. The molecule has 3 rings (SSSR count). The largest absolute Gasteiger partial charge is 0.361 e. The van der Waals surface area contributed by atoms with E-state index in [1.54, 1.807) is 5.56 Å². The first kappa shape index (κ1) is 12.8. The number of rotatable bonds is 1. The summed E-state index contributed by atoms with van der Waals surface area (Å²) in [4.78, 5) is 3.46. The highest BCUT2D eigenvalue weighted by Gasteiger charge is 2.25. The zero-order chi connectivity index (χ0) is 13.6. The number of benzene rings is 1. The molecule has 0 aliphatic heterocycles. The van der Waals surface area contributed by atoms with Gasteiger partial charge in [-0.05, 0) is 53.4 Å². The van der Waals surface area contributed by atoms with Gasteiger partial charge in [-0.25, -0.2) is 0 Å². The molecule has 0 bridgehead atoms. The van der Waals surface area contributed by atoms with E-state index < -0.39 is 0 Å². The highest BCUT2D eigenvalue weighted by molar-refractivity contribution is 5.84. The zero-order valence-corrected chi connectivity index (χ0v) is 12.6. The molecule has 1 saturated carbocycles. The van der Waals surface area contributed by atoms with Gasteiger partial charge >= 0.3 is 0 Å². The van der Waals surface area contributed by atoms with Gasteiger partial charge in [0.1, 0.15) is 0 Å². The first-order valence-electron chi connectivity index (χ1n) is 7.56. The molecular formula is C18H25N. The Morgan fingerprint density at radius 2 is 1.95 bits per heavy atom. The molecule has 0 spiro atoms. The molecule has 1 aliphatic carbocycles. The van der Waals surface area contributed by atoms with Crippen LogP contribution in [0.25, 0.3) is 10.9 Å². The molecule has 0 radical (unpaired) electrons. The normalized spacial score (nSPS) is 24.2. The zero-order valence-electron chi connectivity index (χ0n) is 12.6. The highest BCUT2D eigenvalue weighted by atomic mass is 14.7. The van der Waals surface area contributed by atoms with Gasteiger partial charge in [0.25, 0.3) is 0 Å². The van der Waals surface area contributed by atoms with E-state index in [0.29, 0.717) is 0 Å². The molecule has 0 amide bonds. The van der Waals surface area contributed by atoms with Gasteiger partial charge < -0.3 is 4.98 Å². The Balaban J connectivity index is 2.06. The maximum atomic E-state index is 3.46. The van der Waals surface area contributed by atoms with Crippen molar-refractivity contribution in [2.75, 3.05) is 0 Å². The summed E-state index contributed by atoms with van der Waals surface area (Å²) in [5.74, 6) is 1.65. The molecule has 0 saturated heterocycles. The van der Waals surface area contributed by atoms with Crippen LogP contribution in [-0.2, 0) is 5.41 Å². The number of aromatic nitrogens is 1. The van der Waals surface area contributed by atoms with Crippen molar-refractivity contribution in [3.8, 4) is 0 Å². The molecule has 1 nitrogen and oxygen atoms in total. The van der Waals surface area contributed by atoms with E-state index in [4.69, 9.17) is 0 Å². The standard InChI is InChI=1S/C18H25N/c1-12-5-6-13(9-12)16-11-19-17-8-7-14(10-15(16)17)18(2,3)4/h7-8,10-13,19H,5-6,9H2,1-4H3. The Bertz CT molecular complexity index is 585. The monoisotopic (exact) mass is 255 g/mol. The fourth-order valence-corrected chi connectivity index (χ4v) is 3.44. The molecule has 19 heavy (non-hydrogen) atoms. The average Bonchev–Trinajstić information content (AvgIpc) is 2.92. The average molecular weight is 255 g/mol. The van der Waals surface area contributed by atoms with Gasteiger partial charge in [-0.1, -0.05) is 40.2 Å². The van der Waals surface area contributed by atoms with Crippen molar-refractivity contribution in [2.24, 2.45) is 5.92 Å². The number of fused-ring (bicyclic) bond motifs is 1. The Hall–Kier alpha value is -1.24. The van der Waals surface area contributed by atoms with Crippen LogP contribution in [0.15, 0.2) is 24.4 Å². The first-order valence-corrected chi connectivity index (χ1v) is 7.56. The van der Waals surface area contributed by atoms with Crippen molar-refractivity contribution < 1.29 is 0 Å². The molecule has 2 unspecified atom stereocenters. The predicted molar refractivity (Wildman–Crippen MR) is 82.8 cm³/mol. The van der Waals surface area contributed by atoms with Crippen LogP contribution in [0.5, 0.6) is 0 Å². The van der Waals surface area contributed by atoms with Crippen molar-refractivity contribution in [2.45, 2.75) is 58.3 Å². The number of nitrogens with one attached hydrogen (secondary N) is 1. The SMILES string of the molecule is CC1CCC(c2c[nH]c3ccc(C(C)(C)C)cc23)C1. The molecule has 102 valence electrons. The van der Waals surface area contributed by atoms with Crippen LogP contribution in [0, 0.1) is 5.92 Å². The Morgan fingerprint density at radius 3 is 2.58 bits per heavy atom. The van der Waals surface area contributed by atoms with Gasteiger partial charge in [-0.3, -0.25) is 0 Å². The molecule has 2 aromatic rings. The summed E-state index contributed by atoms with van der Waals surface area (Å²) < 4.78 is 0. The van der Waals surface area contributed by atoms with Crippen LogP contribution in [0.2, 0.25) is 0 Å². The van der Waals surface area contributed by atoms with Gasteiger partial charge in [-0.2, -0.15) is 0 Å². The van der Waals surface area contributed by atoms with Crippen molar-refractivity contribution in [3.05, 3.63) is 35.5 Å². The van der Waals surface area contributed by atoms with Crippen LogP contribution in [0.3, 0.4) is 0 Å². The summed E-state index contributed by atoms with van der Waals surface area (Å²) in [6.07, 6.45) is 6.34. The molecular weight excluding hydrogens is 230 g/mol. The second-order valence-corrected chi connectivity index (χ2v) is 7.37. The molecule has 2 atom stereocenters. The minimum atomic E-state index is 0.228. The number of hydrogen-bond donors (Lipinski definition) is 1. The molecule has 1 aromatic carbocycles. The van der Waals surface area contributed by atoms with Gasteiger partial charge in [-0.15, -0.1) is 0 Å². The van der Waals surface area contributed by atoms with Gasteiger partial charge in [0, 0.05) is 17.1 Å². The van der Waals surface area contributed by atoms with Crippen LogP contribution in [0.4, 0.5) is 0 Å². The fourth-order valence-electron chi connectivity index (χ4n) is 3.44. The quantitative estimate of drug-likeness (QED) is 0.705. The molecule has 1 N–H and O–H groups in total. The number of H-pyrrole nitrogens is 1. The molecule has 1 aliphatic rings. The topological polar surface area (TPSA) is 15.8 Å². The molecule has 1 heterocycles. The van der Waals surface area contributed by atoms with E-state index in [1.165, 1.54) is 35.7 Å². The Kier molecular flexibility index (Phi) is 2.96. The van der Waals surface area contributed by atoms with E-state index >= 15 is 0 Å². The summed E-state index contributed by atoms with van der Waals surface area (Å²) in [5.41, 5.74) is 4.51. The Labute approximate surface area is 116 Å². The van der Waals surface area contributed by atoms with E-state index in [9.17, 15) is 0 Å². The molecule has 1 heteroatoms. The van der Waals surface area contributed by atoms with E-state index in [2.05, 4.69) is 57.1 Å². The summed E-state index contributed by atoms with van der Waals surface area (Å²) in [6.45, 7) is 9.25. The number of hydrogen-bond acceptors (Lipinski definition) is 0. The van der Waals surface area contributed by atoms with Gasteiger partial charge in [0.05, 0.1) is 0 Å². The van der Waals surface area contributed by atoms with Crippen molar-refractivity contribution in [1.82, 2.24) is 4.98 Å². The minimum absolute atomic E-state index is 0.228. The molecule has 1 aromatic heterocycles. The van der Waals surface area contributed by atoms with E-state index in [1.807, 2.05) is 0 Å². The summed E-state index contributed by atoms with van der Waals surface area (Å²) in [5, 5.41) is 1.45. The summed E-state index contributed by atoms with van der Waals surface area (Å²) >= 11 is 0. The van der Waals surface area contributed by atoms with Crippen LogP contribution in [0.1, 0.15) is 64.0 Å². The lowest BCUT2D eigenvalue weighted by atomic mass is 9.85. The lowest BCUT2D eigenvalue weighted by Gasteiger charge is -2.19. The van der Waals surface area contributed by atoms with Crippen molar-refractivity contribution >= 4 is 10.9 Å². The fraction of sp³-hybridized carbons (Fsp3) is 0.556. The van der Waals surface area contributed by atoms with Crippen LogP contribution in [-0.4, -0.2) is 4.98 Å². The van der Waals surface area contributed by atoms with Gasteiger partial charge in [0.15, 0.2) is 0 Å². The summed E-state index contributed by atoms with van der Waals surface area (Å²) in [7, 11) is 0. The second-order valence-electron chi connectivity index (χ2n) is 7.37. The third kappa shape index (κ3) is 2.31. The lowest BCUT2D eigenvalue weighted by Crippen LogP contribution is -2.10. The second kappa shape index (κ2) is 4.40. The lowest BCUT2D eigenvalue weighted by molar-refractivity contribution is 0.590. The van der Waals surface area contributed by atoms with Crippen molar-refractivity contribution in [3.63, 3.8) is 0 Å². The number of aromatic amines is 1. The first-order chi connectivity index (χ1) is 8.95. The maximum absolute atomic E-state index is 3.46. The smallest absolute Gasteiger partial charge is 0.0457 e. The summed E-state index contributed by atoms with van der Waals surface area (Å²) in [6, 6.07) is 6.92. The van der Waals surface area contributed by atoms with Gasteiger partial charge in [0.2, 0.25) is 0 Å². The van der Waals surface area contributed by atoms with Crippen molar-refractivity contribution in [1.29, 1.82) is 0 Å². The molecule has 1 fully saturated rings. The van der Waals surface area contributed by atoms with E-state index in [-0.39, 0.29) is 5.41 Å². The highest BCUT2D eigenvalue weighted by Crippen LogP contribution is 2.41. The van der Waals surface area contributed by atoms with Crippen LogP contribution < -0.4 is 0 Å². The third-order valence-electron chi connectivity index (χ3n) is 4.71. The Morgan fingerprint density at radius 1 is 1.16 bits per heavy atom. The third-order valence-corrected chi connectivity index (χ3v) is 4.71. The van der Waals surface area contributed by atoms with Crippen LogP contribution >= 0.6 is 0 Å². The van der Waals surface area contributed by atoms with E-state index in [0.717, 1.165) is 11.8 Å². The predicted octanol–water partition coefficient (Wildman–Crippen LogP) is 5.37. The minimum Gasteiger partial charge on any atom is -0.361 e.